The molecule has 2 amide bonds. The fourth-order valence-corrected chi connectivity index (χ4v) is 5.80. The lowest BCUT2D eigenvalue weighted by atomic mass is 9.46. The average molecular weight is 351 g/mol. The van der Waals surface area contributed by atoms with E-state index in [1.54, 1.807) is 31.2 Å². The minimum Gasteiger partial charge on any atom is -0.393 e. The van der Waals surface area contributed by atoms with E-state index in [4.69, 9.17) is 4.74 Å². The van der Waals surface area contributed by atoms with Crippen molar-refractivity contribution < 1.29 is 23.9 Å². The Morgan fingerprint density at radius 1 is 0.885 bits per heavy atom. The van der Waals surface area contributed by atoms with E-state index in [9.17, 15) is 19.2 Å². The Hall–Kier alpha value is -2.76. The summed E-state index contributed by atoms with van der Waals surface area (Å²) >= 11 is 0. The highest BCUT2D eigenvalue weighted by Crippen LogP contribution is 2.65. The second-order valence-electron chi connectivity index (χ2n) is 7.87. The summed E-state index contributed by atoms with van der Waals surface area (Å²) in [4.78, 5) is 52.5. The highest BCUT2D eigenvalue weighted by Gasteiger charge is 2.73. The van der Waals surface area contributed by atoms with E-state index in [1.807, 2.05) is 19.1 Å². The van der Waals surface area contributed by atoms with Gasteiger partial charge < -0.3 is 4.74 Å². The number of esters is 2. The van der Waals surface area contributed by atoms with Gasteiger partial charge in [-0.3, -0.25) is 24.1 Å². The van der Waals surface area contributed by atoms with Gasteiger partial charge in [0.25, 0.3) is 0 Å². The number of hydrogen-bond donors (Lipinski definition) is 0. The molecule has 1 aromatic rings. The first-order valence-electron chi connectivity index (χ1n) is 8.74. The van der Waals surface area contributed by atoms with E-state index in [-0.39, 0.29) is 11.8 Å². The van der Waals surface area contributed by atoms with E-state index >= 15 is 0 Å². The van der Waals surface area contributed by atoms with Crippen LogP contribution in [0.4, 0.5) is 5.69 Å². The van der Waals surface area contributed by atoms with Crippen molar-refractivity contribution in [3.63, 3.8) is 0 Å². The standard InChI is InChI=1S/C20H17NO5/c1-9-8-20(2)14-12(11(9)13-15(20)19(25)26-18(13)24)16(22)21(17(14)23)10-6-4-3-5-7-10/h3-8,11-15H,1-2H3/t11-,12+,13-,14-,15+,20+/m1/s1. The second kappa shape index (κ2) is 4.69. The van der Waals surface area contributed by atoms with Gasteiger partial charge in [-0.05, 0) is 19.1 Å². The van der Waals surface area contributed by atoms with Crippen molar-refractivity contribution in [2.75, 3.05) is 4.90 Å². The van der Waals surface area contributed by atoms with E-state index in [0.29, 0.717) is 5.69 Å². The molecule has 2 saturated heterocycles. The van der Waals surface area contributed by atoms with Gasteiger partial charge in [0.05, 0.1) is 29.4 Å². The van der Waals surface area contributed by atoms with Crippen LogP contribution >= 0.6 is 0 Å². The van der Waals surface area contributed by atoms with Crippen LogP contribution in [0.15, 0.2) is 42.0 Å². The molecule has 0 unspecified atom stereocenters. The summed E-state index contributed by atoms with van der Waals surface area (Å²) in [5, 5.41) is 0. The zero-order valence-electron chi connectivity index (χ0n) is 14.3. The van der Waals surface area contributed by atoms with Crippen molar-refractivity contribution in [1.82, 2.24) is 0 Å². The number of allylic oxidation sites excluding steroid dienone is 2. The van der Waals surface area contributed by atoms with Crippen molar-refractivity contribution >= 4 is 29.4 Å². The number of imide groups is 1. The molecule has 2 heterocycles. The fourth-order valence-electron chi connectivity index (χ4n) is 5.80. The van der Waals surface area contributed by atoms with Crippen molar-refractivity contribution in [3.8, 4) is 0 Å². The van der Waals surface area contributed by atoms with Crippen molar-refractivity contribution in [1.29, 1.82) is 0 Å². The Morgan fingerprint density at radius 2 is 1.58 bits per heavy atom. The highest BCUT2D eigenvalue weighted by molar-refractivity contribution is 6.23. The average Bonchev–Trinajstić information content (AvgIpc) is 3.04. The summed E-state index contributed by atoms with van der Waals surface area (Å²) in [6, 6.07) is 8.80. The molecule has 0 aromatic heterocycles. The van der Waals surface area contributed by atoms with Crippen LogP contribution in [0.5, 0.6) is 0 Å². The monoisotopic (exact) mass is 351 g/mol. The maximum atomic E-state index is 13.3. The minimum absolute atomic E-state index is 0.291. The molecule has 0 spiro atoms. The molecular weight excluding hydrogens is 334 g/mol. The van der Waals surface area contributed by atoms with Crippen molar-refractivity contribution in [3.05, 3.63) is 42.0 Å². The Bertz CT molecular complexity index is 919. The normalized spacial score (nSPS) is 40.5. The molecule has 26 heavy (non-hydrogen) atoms. The smallest absolute Gasteiger partial charge is 0.318 e. The molecule has 0 radical (unpaired) electrons. The highest BCUT2D eigenvalue weighted by atomic mass is 16.6. The molecule has 1 aromatic carbocycles. The number of hydrogen-bond acceptors (Lipinski definition) is 5. The lowest BCUT2D eigenvalue weighted by Gasteiger charge is -2.52. The summed E-state index contributed by atoms with van der Waals surface area (Å²) in [6.45, 7) is 3.68. The van der Waals surface area contributed by atoms with Gasteiger partial charge in [-0.2, -0.15) is 0 Å². The van der Waals surface area contributed by atoms with Gasteiger partial charge in [0.1, 0.15) is 0 Å². The van der Waals surface area contributed by atoms with E-state index < -0.39 is 46.9 Å². The van der Waals surface area contributed by atoms with Gasteiger partial charge in [0.2, 0.25) is 11.8 Å². The first-order valence-corrected chi connectivity index (χ1v) is 8.74. The number of ether oxygens (including phenoxy) is 1. The van der Waals surface area contributed by atoms with Gasteiger partial charge in [-0.25, -0.2) is 0 Å². The molecule has 3 aliphatic carbocycles. The van der Waals surface area contributed by atoms with Crippen molar-refractivity contribution in [2.45, 2.75) is 13.8 Å². The number of cyclic esters (lactones) is 2. The molecule has 2 aliphatic heterocycles. The Labute approximate surface area is 149 Å². The summed E-state index contributed by atoms with van der Waals surface area (Å²) in [5.74, 6) is -4.84. The number of para-hydroxylation sites is 1. The van der Waals surface area contributed by atoms with E-state index in [1.165, 1.54) is 4.90 Å². The third-order valence-electron chi connectivity index (χ3n) is 6.63. The maximum Gasteiger partial charge on any atom is 0.318 e. The molecule has 5 aliphatic rings. The predicted octanol–water partition coefficient (Wildman–Crippen LogP) is 1.70. The summed E-state index contributed by atoms with van der Waals surface area (Å²) in [7, 11) is 0. The van der Waals surface area contributed by atoms with Gasteiger partial charge in [-0.1, -0.05) is 36.8 Å². The quantitative estimate of drug-likeness (QED) is 0.333. The van der Waals surface area contributed by atoms with Crippen LogP contribution in [0.3, 0.4) is 0 Å². The largest absolute Gasteiger partial charge is 0.393 e. The first-order chi connectivity index (χ1) is 12.4. The zero-order valence-corrected chi connectivity index (χ0v) is 14.3. The maximum absolute atomic E-state index is 13.3. The molecule has 6 atom stereocenters. The molecule has 6 nitrogen and oxygen atoms in total. The van der Waals surface area contributed by atoms with Gasteiger partial charge in [0.15, 0.2) is 0 Å². The number of amides is 2. The Balaban J connectivity index is 1.69. The Kier molecular flexibility index (Phi) is 2.80. The van der Waals surface area contributed by atoms with Crippen LogP contribution in [0.1, 0.15) is 13.8 Å². The molecule has 0 N–H and O–H groups in total. The summed E-state index contributed by atoms with van der Waals surface area (Å²) in [5.41, 5.74) is 0.516. The van der Waals surface area contributed by atoms with Crippen LogP contribution in [-0.2, 0) is 23.9 Å². The predicted molar refractivity (Wildman–Crippen MR) is 89.3 cm³/mol. The van der Waals surface area contributed by atoms with E-state index in [0.717, 1.165) is 5.57 Å². The Morgan fingerprint density at radius 3 is 2.27 bits per heavy atom. The summed E-state index contributed by atoms with van der Waals surface area (Å²) < 4.78 is 4.90. The summed E-state index contributed by atoms with van der Waals surface area (Å²) in [6.07, 6.45) is 1.92. The number of anilines is 1. The third kappa shape index (κ3) is 1.58. The molecule has 6 heteroatoms. The van der Waals surface area contributed by atoms with Crippen LogP contribution in [0, 0.1) is 35.0 Å². The van der Waals surface area contributed by atoms with Gasteiger partial charge >= 0.3 is 11.9 Å². The molecule has 1 saturated carbocycles. The van der Waals surface area contributed by atoms with Gasteiger partial charge in [0, 0.05) is 11.3 Å². The van der Waals surface area contributed by atoms with E-state index in [2.05, 4.69) is 0 Å². The van der Waals surface area contributed by atoms with Gasteiger partial charge in [-0.15, -0.1) is 0 Å². The number of benzene rings is 1. The van der Waals surface area contributed by atoms with Crippen LogP contribution < -0.4 is 4.90 Å². The lowest BCUT2D eigenvalue weighted by Crippen LogP contribution is -2.57. The fraction of sp³-hybridized carbons (Fsp3) is 0.400. The number of rotatable bonds is 1. The number of carbonyl (C=O) groups excluding carboxylic acids is 4. The van der Waals surface area contributed by atoms with Crippen molar-refractivity contribution in [2.24, 2.45) is 35.0 Å². The minimum atomic E-state index is -0.895. The molecule has 2 bridgehead atoms. The topological polar surface area (TPSA) is 80.8 Å². The zero-order chi connectivity index (χ0) is 18.4. The van der Waals surface area contributed by atoms with Crippen LogP contribution in [0.2, 0.25) is 0 Å². The van der Waals surface area contributed by atoms with Crippen LogP contribution in [0.25, 0.3) is 0 Å². The number of carbonyl (C=O) groups is 4. The molecule has 132 valence electrons. The first kappa shape index (κ1) is 15.5. The third-order valence-corrected chi connectivity index (χ3v) is 6.63. The molecular formula is C20H17NO5. The molecule has 6 rings (SSSR count). The lowest BCUT2D eigenvalue weighted by molar-refractivity contribution is -0.154. The SMILES string of the molecule is CC1=C[C@]2(C)[C@@H]3C(=O)OC(=O)[C@@H]3[C@H]1[C@@H]1C(=O)N(c3ccccc3)C(=O)[C@@H]12. The second-order valence-corrected chi connectivity index (χ2v) is 7.87. The molecule has 3 fully saturated rings. The number of nitrogens with zero attached hydrogens (tertiary/aromatic N) is 1. The van der Waals surface area contributed by atoms with Crippen LogP contribution in [-0.4, -0.2) is 23.8 Å².